The third-order valence-corrected chi connectivity index (χ3v) is 4.03. The van der Waals surface area contributed by atoms with Crippen LogP contribution in [0, 0.1) is 6.92 Å². The summed E-state index contributed by atoms with van der Waals surface area (Å²) in [5.41, 5.74) is -0.567. The summed E-state index contributed by atoms with van der Waals surface area (Å²) < 4.78 is 26.3. The van der Waals surface area contributed by atoms with E-state index in [1.807, 2.05) is 5.32 Å². The maximum absolute atomic E-state index is 11.3. The molecule has 0 bridgehead atoms. The summed E-state index contributed by atoms with van der Waals surface area (Å²) in [7, 11) is 0. The predicted octanol–water partition coefficient (Wildman–Crippen LogP) is -1.59. The van der Waals surface area contributed by atoms with Crippen LogP contribution in [0.15, 0.2) is 30.6 Å². The second-order valence-electron chi connectivity index (χ2n) is 6.16. The summed E-state index contributed by atoms with van der Waals surface area (Å²) >= 11 is -1.62. The molecule has 4 heterocycles. The molecule has 0 saturated carbocycles. The molecule has 4 rings (SSSR count). The quantitative estimate of drug-likeness (QED) is 0.254. The first-order valence-corrected chi connectivity index (χ1v) is 9.87. The van der Waals surface area contributed by atoms with Crippen molar-refractivity contribution >= 4 is 44.7 Å². The summed E-state index contributed by atoms with van der Waals surface area (Å²) in [4.78, 5) is 77.1. The number of rotatable bonds is 1. The molecule has 0 atom stereocenters. The number of hydrogen-bond donors (Lipinski definition) is 2. The SMILES string of the molecule is Cc1cc(=O)oc2c1C(=O)NC(=O)C2.O=Cc1cc(=O)oc2c1C(=O)NC(=O)C2.O=[Se]=O. The number of hydrogen-bond acceptors (Lipinski definition) is 11. The zero-order valence-electron chi connectivity index (χ0n) is 16.0. The molecule has 2 aromatic heterocycles. The Morgan fingerprint density at radius 3 is 1.75 bits per heavy atom. The topological polar surface area (TPSA) is 204 Å². The Hall–Kier alpha value is -4.03. The van der Waals surface area contributed by atoms with Gasteiger partial charge in [0, 0.05) is 17.7 Å². The second kappa shape index (κ2) is 10.3. The molecule has 0 radical (unpaired) electrons. The monoisotopic (exact) mass is 512 g/mol. The third-order valence-electron chi connectivity index (χ3n) is 4.03. The van der Waals surface area contributed by atoms with E-state index < -0.39 is 49.7 Å². The van der Waals surface area contributed by atoms with Crippen molar-refractivity contribution in [2.75, 3.05) is 0 Å². The number of aldehydes is 1. The molecule has 2 aliphatic rings. The molecule has 0 spiro atoms. The molecular formula is C18H12N2O11Se. The molecule has 13 nitrogen and oxygen atoms in total. The standard InChI is InChI=1S/C9H5NO5.C9H7NO4.O2Se/c11-3-4-1-7(13)15-5-2-6(12)10-9(14)8(4)5;1-4-2-7(12)14-5-3-6(11)10-9(13)8(4)5;1-3-2/h1,3H,2H2,(H,10,12,14);2H,3H2,1H3,(H,10,11,13);. The van der Waals surface area contributed by atoms with E-state index in [4.69, 9.17) is 12.1 Å². The van der Waals surface area contributed by atoms with Crippen molar-refractivity contribution in [3.63, 3.8) is 0 Å². The van der Waals surface area contributed by atoms with Crippen LogP contribution in [-0.2, 0) is 30.1 Å². The molecule has 0 saturated heterocycles. The third kappa shape index (κ3) is 5.56. The van der Waals surface area contributed by atoms with E-state index in [0.29, 0.717) is 17.4 Å². The zero-order chi connectivity index (χ0) is 24.0. The van der Waals surface area contributed by atoms with Crippen molar-refractivity contribution in [1.29, 1.82) is 0 Å². The molecule has 2 aromatic rings. The Labute approximate surface area is 182 Å². The van der Waals surface area contributed by atoms with Gasteiger partial charge >= 0.3 is 33.7 Å². The number of nitrogens with one attached hydrogen (secondary N) is 2. The van der Waals surface area contributed by atoms with Gasteiger partial charge in [0.2, 0.25) is 11.8 Å². The molecule has 0 aliphatic carbocycles. The van der Waals surface area contributed by atoms with Crippen molar-refractivity contribution in [2.45, 2.75) is 19.8 Å². The van der Waals surface area contributed by atoms with E-state index in [-0.39, 0.29) is 35.5 Å². The molecule has 2 aliphatic heterocycles. The molecular weight excluding hydrogens is 499 g/mol. The molecule has 0 unspecified atom stereocenters. The van der Waals surface area contributed by atoms with Gasteiger partial charge in [-0.25, -0.2) is 9.59 Å². The van der Waals surface area contributed by atoms with Crippen LogP contribution in [0.25, 0.3) is 0 Å². The molecule has 2 N–H and O–H groups in total. The number of aryl methyl sites for hydroxylation is 1. The van der Waals surface area contributed by atoms with Gasteiger partial charge < -0.3 is 8.83 Å². The van der Waals surface area contributed by atoms with Crippen molar-refractivity contribution in [2.24, 2.45) is 0 Å². The van der Waals surface area contributed by atoms with Crippen molar-refractivity contribution in [1.82, 2.24) is 10.6 Å². The summed E-state index contributed by atoms with van der Waals surface area (Å²) in [6.45, 7) is 1.63. The van der Waals surface area contributed by atoms with E-state index in [1.165, 1.54) is 6.07 Å². The van der Waals surface area contributed by atoms with E-state index >= 15 is 0 Å². The van der Waals surface area contributed by atoms with Gasteiger partial charge in [-0.05, 0) is 12.5 Å². The Morgan fingerprint density at radius 2 is 1.25 bits per heavy atom. The average molecular weight is 511 g/mol. The van der Waals surface area contributed by atoms with E-state index in [9.17, 15) is 33.6 Å². The minimum atomic E-state index is -1.62. The van der Waals surface area contributed by atoms with Crippen LogP contribution in [0.5, 0.6) is 0 Å². The molecule has 4 amide bonds. The van der Waals surface area contributed by atoms with Crippen molar-refractivity contribution < 1.29 is 40.5 Å². The number of fused-ring (bicyclic) bond motifs is 2. The van der Waals surface area contributed by atoms with Crippen LogP contribution in [0.3, 0.4) is 0 Å². The van der Waals surface area contributed by atoms with Crippen LogP contribution in [0.4, 0.5) is 0 Å². The van der Waals surface area contributed by atoms with E-state index in [0.717, 1.165) is 6.07 Å². The molecule has 14 heteroatoms. The van der Waals surface area contributed by atoms with Gasteiger partial charge in [-0.1, -0.05) is 0 Å². The summed E-state index contributed by atoms with van der Waals surface area (Å²) in [6, 6.07) is 2.15. The molecule has 0 aromatic carbocycles. The second-order valence-corrected chi connectivity index (χ2v) is 6.45. The Balaban J connectivity index is 0.000000203. The van der Waals surface area contributed by atoms with Crippen molar-refractivity contribution in [3.05, 3.63) is 66.7 Å². The first-order chi connectivity index (χ1) is 15.1. The van der Waals surface area contributed by atoms with Gasteiger partial charge in [-0.2, -0.15) is 0 Å². The van der Waals surface area contributed by atoms with E-state index in [1.54, 1.807) is 6.92 Å². The van der Waals surface area contributed by atoms with Gasteiger partial charge in [0.15, 0.2) is 6.29 Å². The fourth-order valence-corrected chi connectivity index (χ4v) is 2.90. The van der Waals surface area contributed by atoms with Gasteiger partial charge in [0.05, 0.1) is 24.0 Å². The van der Waals surface area contributed by atoms with Gasteiger partial charge in [0.1, 0.15) is 11.5 Å². The number of carbonyl (C=O) groups excluding carboxylic acids is 5. The van der Waals surface area contributed by atoms with Crippen LogP contribution < -0.4 is 21.9 Å². The Morgan fingerprint density at radius 1 is 0.812 bits per heavy atom. The first-order valence-electron chi connectivity index (χ1n) is 8.47. The molecule has 32 heavy (non-hydrogen) atoms. The van der Waals surface area contributed by atoms with Crippen molar-refractivity contribution in [3.8, 4) is 0 Å². The normalized spacial score (nSPS) is 13.7. The first kappa shape index (κ1) is 24.2. The van der Waals surface area contributed by atoms with Crippen LogP contribution >= 0.6 is 0 Å². The van der Waals surface area contributed by atoms with Gasteiger partial charge in [-0.15, -0.1) is 0 Å². The Kier molecular flexibility index (Phi) is 7.82. The average Bonchev–Trinajstić information content (AvgIpc) is 2.66. The van der Waals surface area contributed by atoms with Crippen LogP contribution in [-0.4, -0.2) is 44.7 Å². The molecule has 166 valence electrons. The van der Waals surface area contributed by atoms with E-state index in [2.05, 4.69) is 9.73 Å². The predicted molar refractivity (Wildman–Crippen MR) is 99.6 cm³/mol. The number of imide groups is 2. The Bertz CT molecular complexity index is 1300. The zero-order valence-corrected chi connectivity index (χ0v) is 17.8. The molecule has 0 fully saturated rings. The fraction of sp³-hybridized carbons (Fsp3) is 0.167. The fourth-order valence-electron chi connectivity index (χ4n) is 2.90. The van der Waals surface area contributed by atoms with Gasteiger partial charge in [-0.3, -0.25) is 34.6 Å². The number of amides is 4. The summed E-state index contributed by atoms with van der Waals surface area (Å²) in [6.07, 6.45) is 0.112. The minimum absolute atomic E-state index is 0.0378. The van der Waals surface area contributed by atoms with Gasteiger partial charge in [0.25, 0.3) is 11.8 Å². The summed E-state index contributed by atoms with van der Waals surface area (Å²) in [5.74, 6) is -2.12. The van der Waals surface area contributed by atoms with Crippen LogP contribution in [0.1, 0.15) is 48.2 Å². The summed E-state index contributed by atoms with van der Waals surface area (Å²) in [5, 5.41) is 4.19. The maximum atomic E-state index is 11.3. The number of carbonyl (C=O) groups is 5. The van der Waals surface area contributed by atoms with Crippen LogP contribution in [0.2, 0.25) is 0 Å².